The molecule has 0 aliphatic carbocycles. The first kappa shape index (κ1) is 8.27. The fourth-order valence-electron chi connectivity index (χ4n) is 1.11. The standard InChI is InChI=1S/C8H14N2O/c1-4-10-5-8(7(3)11)6(2)9-10/h5,7,11H,4H2,1-3H3/t7-/m1/s1. The molecule has 0 bridgehead atoms. The third kappa shape index (κ3) is 1.60. The summed E-state index contributed by atoms with van der Waals surface area (Å²) < 4.78 is 1.83. The second-order valence-electron chi connectivity index (χ2n) is 2.70. The van der Waals surface area contributed by atoms with Crippen LogP contribution in [0.25, 0.3) is 0 Å². The van der Waals surface area contributed by atoms with Crippen LogP contribution in [0, 0.1) is 6.92 Å². The minimum absolute atomic E-state index is 0.407. The second-order valence-corrected chi connectivity index (χ2v) is 2.70. The van der Waals surface area contributed by atoms with Gasteiger partial charge in [0.2, 0.25) is 0 Å². The van der Waals surface area contributed by atoms with Gasteiger partial charge in [0.15, 0.2) is 0 Å². The predicted octanol–water partition coefficient (Wildman–Crippen LogP) is 1.26. The van der Waals surface area contributed by atoms with Gasteiger partial charge in [-0.25, -0.2) is 0 Å². The van der Waals surface area contributed by atoms with Crippen LogP contribution in [0.4, 0.5) is 0 Å². The second kappa shape index (κ2) is 3.05. The van der Waals surface area contributed by atoms with Crippen LogP contribution in [-0.4, -0.2) is 14.9 Å². The number of nitrogens with zero attached hydrogens (tertiary/aromatic N) is 2. The van der Waals surface area contributed by atoms with Crippen LogP contribution in [0.15, 0.2) is 6.20 Å². The minimum Gasteiger partial charge on any atom is -0.389 e. The summed E-state index contributed by atoms with van der Waals surface area (Å²) >= 11 is 0. The molecule has 0 aromatic carbocycles. The van der Waals surface area contributed by atoms with Crippen molar-refractivity contribution in [3.8, 4) is 0 Å². The van der Waals surface area contributed by atoms with Gasteiger partial charge in [-0.2, -0.15) is 5.10 Å². The van der Waals surface area contributed by atoms with Gasteiger partial charge < -0.3 is 5.11 Å². The van der Waals surface area contributed by atoms with Crippen LogP contribution in [0.3, 0.4) is 0 Å². The number of hydrogen-bond donors (Lipinski definition) is 1. The lowest BCUT2D eigenvalue weighted by Gasteiger charge is -1.98. The lowest BCUT2D eigenvalue weighted by atomic mass is 10.2. The molecule has 1 aromatic rings. The molecule has 0 saturated carbocycles. The molecule has 0 spiro atoms. The molecule has 1 rings (SSSR count). The molecular formula is C8H14N2O. The number of rotatable bonds is 2. The van der Waals surface area contributed by atoms with Crippen molar-refractivity contribution >= 4 is 0 Å². The summed E-state index contributed by atoms with van der Waals surface area (Å²) in [6.07, 6.45) is 1.48. The Hall–Kier alpha value is -0.830. The van der Waals surface area contributed by atoms with Crippen molar-refractivity contribution in [3.05, 3.63) is 17.5 Å². The minimum atomic E-state index is -0.407. The molecule has 0 fully saturated rings. The third-order valence-electron chi connectivity index (χ3n) is 1.76. The highest BCUT2D eigenvalue weighted by Crippen LogP contribution is 2.14. The first-order valence-corrected chi connectivity index (χ1v) is 3.87. The molecule has 1 N–H and O–H groups in total. The Balaban J connectivity index is 2.97. The first-order chi connectivity index (χ1) is 5.15. The molecule has 1 heterocycles. The highest BCUT2D eigenvalue weighted by atomic mass is 16.3. The number of hydrogen-bond acceptors (Lipinski definition) is 2. The summed E-state index contributed by atoms with van der Waals surface area (Å²) in [5.41, 5.74) is 1.84. The largest absolute Gasteiger partial charge is 0.389 e. The summed E-state index contributed by atoms with van der Waals surface area (Å²) in [5.74, 6) is 0. The Morgan fingerprint density at radius 3 is 2.64 bits per heavy atom. The van der Waals surface area contributed by atoms with Gasteiger partial charge in [0.05, 0.1) is 11.8 Å². The van der Waals surface area contributed by atoms with E-state index in [9.17, 15) is 5.11 Å². The SMILES string of the molecule is CCn1cc([C@@H](C)O)c(C)n1. The van der Waals surface area contributed by atoms with E-state index < -0.39 is 6.10 Å². The van der Waals surface area contributed by atoms with Crippen LogP contribution in [0.2, 0.25) is 0 Å². The summed E-state index contributed by atoms with van der Waals surface area (Å²) in [5, 5.41) is 13.5. The van der Waals surface area contributed by atoms with Crippen molar-refractivity contribution in [1.82, 2.24) is 9.78 Å². The summed E-state index contributed by atoms with van der Waals surface area (Å²) in [6.45, 7) is 6.55. The molecule has 0 aliphatic heterocycles. The maximum Gasteiger partial charge on any atom is 0.0795 e. The van der Waals surface area contributed by atoms with Gasteiger partial charge in [0.1, 0.15) is 0 Å². The normalized spacial score (nSPS) is 13.5. The number of aryl methyl sites for hydroxylation is 2. The summed E-state index contributed by atoms with van der Waals surface area (Å²) in [6, 6.07) is 0. The van der Waals surface area contributed by atoms with Crippen molar-refractivity contribution in [3.63, 3.8) is 0 Å². The molecule has 3 heteroatoms. The molecule has 1 atom stereocenters. The maximum atomic E-state index is 9.26. The molecule has 11 heavy (non-hydrogen) atoms. The Kier molecular flexibility index (Phi) is 2.29. The highest BCUT2D eigenvalue weighted by molar-refractivity contribution is 5.17. The van der Waals surface area contributed by atoms with Gasteiger partial charge in [0, 0.05) is 18.3 Å². The number of aliphatic hydroxyl groups excluding tert-OH is 1. The lowest BCUT2D eigenvalue weighted by molar-refractivity contribution is 0.198. The molecule has 0 unspecified atom stereocenters. The maximum absolute atomic E-state index is 9.26. The van der Waals surface area contributed by atoms with E-state index in [0.29, 0.717) is 0 Å². The zero-order valence-corrected chi connectivity index (χ0v) is 7.20. The van der Waals surface area contributed by atoms with Gasteiger partial charge in [0.25, 0.3) is 0 Å². The topological polar surface area (TPSA) is 38.0 Å². The van der Waals surface area contributed by atoms with E-state index in [0.717, 1.165) is 17.8 Å². The Morgan fingerprint density at radius 1 is 1.73 bits per heavy atom. The van der Waals surface area contributed by atoms with Crippen LogP contribution in [0.1, 0.15) is 31.2 Å². The fourth-order valence-corrected chi connectivity index (χ4v) is 1.11. The van der Waals surface area contributed by atoms with Crippen LogP contribution in [-0.2, 0) is 6.54 Å². The van der Waals surface area contributed by atoms with Gasteiger partial charge in [-0.15, -0.1) is 0 Å². The van der Waals surface area contributed by atoms with E-state index in [1.54, 1.807) is 6.92 Å². The van der Waals surface area contributed by atoms with Crippen molar-refractivity contribution in [1.29, 1.82) is 0 Å². The van der Waals surface area contributed by atoms with E-state index >= 15 is 0 Å². The number of aromatic nitrogens is 2. The van der Waals surface area contributed by atoms with E-state index in [1.807, 2.05) is 24.7 Å². The molecule has 3 nitrogen and oxygen atoms in total. The van der Waals surface area contributed by atoms with E-state index in [4.69, 9.17) is 0 Å². The first-order valence-electron chi connectivity index (χ1n) is 3.87. The Morgan fingerprint density at radius 2 is 2.36 bits per heavy atom. The summed E-state index contributed by atoms with van der Waals surface area (Å²) in [7, 11) is 0. The van der Waals surface area contributed by atoms with Crippen molar-refractivity contribution < 1.29 is 5.11 Å². The molecule has 0 radical (unpaired) electrons. The van der Waals surface area contributed by atoms with Crippen LogP contribution < -0.4 is 0 Å². The zero-order valence-electron chi connectivity index (χ0n) is 7.20. The fraction of sp³-hybridized carbons (Fsp3) is 0.625. The molecular weight excluding hydrogens is 140 g/mol. The smallest absolute Gasteiger partial charge is 0.0795 e. The highest BCUT2D eigenvalue weighted by Gasteiger charge is 2.07. The van der Waals surface area contributed by atoms with Crippen LogP contribution >= 0.6 is 0 Å². The Bertz CT molecular complexity index is 240. The molecule has 0 amide bonds. The predicted molar refractivity (Wildman–Crippen MR) is 43.3 cm³/mol. The zero-order chi connectivity index (χ0) is 8.43. The third-order valence-corrected chi connectivity index (χ3v) is 1.76. The van der Waals surface area contributed by atoms with E-state index in [1.165, 1.54) is 0 Å². The molecule has 0 saturated heterocycles. The Labute approximate surface area is 66.7 Å². The van der Waals surface area contributed by atoms with Gasteiger partial charge in [-0.1, -0.05) is 0 Å². The van der Waals surface area contributed by atoms with Crippen molar-refractivity contribution in [2.45, 2.75) is 33.4 Å². The van der Waals surface area contributed by atoms with Gasteiger partial charge >= 0.3 is 0 Å². The number of aliphatic hydroxyl groups is 1. The average Bonchev–Trinajstić information content (AvgIpc) is 2.30. The van der Waals surface area contributed by atoms with E-state index in [2.05, 4.69) is 5.10 Å². The van der Waals surface area contributed by atoms with Gasteiger partial charge in [-0.3, -0.25) is 4.68 Å². The molecule has 62 valence electrons. The van der Waals surface area contributed by atoms with Gasteiger partial charge in [-0.05, 0) is 20.8 Å². The quantitative estimate of drug-likeness (QED) is 0.696. The monoisotopic (exact) mass is 154 g/mol. The molecule has 1 aromatic heterocycles. The van der Waals surface area contributed by atoms with E-state index in [-0.39, 0.29) is 0 Å². The average molecular weight is 154 g/mol. The molecule has 0 aliphatic rings. The summed E-state index contributed by atoms with van der Waals surface area (Å²) in [4.78, 5) is 0. The van der Waals surface area contributed by atoms with Crippen molar-refractivity contribution in [2.75, 3.05) is 0 Å². The lowest BCUT2D eigenvalue weighted by Crippen LogP contribution is -1.93. The van der Waals surface area contributed by atoms with Crippen LogP contribution in [0.5, 0.6) is 0 Å². The van der Waals surface area contributed by atoms with Crippen molar-refractivity contribution in [2.24, 2.45) is 0 Å².